The van der Waals surface area contributed by atoms with Crippen molar-refractivity contribution in [2.75, 3.05) is 26.9 Å². The summed E-state index contributed by atoms with van der Waals surface area (Å²) in [6, 6.07) is 7.17. The second kappa shape index (κ2) is 6.19. The number of benzene rings is 1. The second-order valence-electron chi connectivity index (χ2n) is 6.66. The Kier molecular flexibility index (Phi) is 4.07. The minimum absolute atomic E-state index is 0.387. The number of rotatable bonds is 3. The minimum atomic E-state index is 0.387. The molecule has 2 fully saturated rings. The van der Waals surface area contributed by atoms with Crippen molar-refractivity contribution in [2.24, 2.45) is 0 Å². The molecule has 3 atom stereocenters. The molecule has 120 valence electrons. The van der Waals surface area contributed by atoms with Crippen LogP contribution in [0.3, 0.4) is 0 Å². The molecule has 0 bridgehead atoms. The van der Waals surface area contributed by atoms with Gasteiger partial charge in [0.2, 0.25) is 0 Å². The topological polar surface area (TPSA) is 30.9 Å². The van der Waals surface area contributed by atoms with Crippen molar-refractivity contribution >= 4 is 0 Å². The van der Waals surface area contributed by atoms with Gasteiger partial charge in [-0.05, 0) is 36.5 Å². The van der Waals surface area contributed by atoms with E-state index < -0.39 is 0 Å². The third-order valence-corrected chi connectivity index (χ3v) is 5.36. The highest BCUT2D eigenvalue weighted by Gasteiger charge is 2.37. The first kappa shape index (κ1) is 14.5. The highest BCUT2D eigenvalue weighted by molar-refractivity contribution is 5.39. The van der Waals surface area contributed by atoms with E-state index in [1.807, 2.05) is 7.11 Å². The fourth-order valence-corrected chi connectivity index (χ4v) is 4.13. The van der Waals surface area contributed by atoms with Gasteiger partial charge >= 0.3 is 0 Å². The number of nitrogens with zero attached hydrogens (tertiary/aromatic N) is 1. The molecular formula is C18H25NO3. The Morgan fingerprint density at radius 1 is 1.27 bits per heavy atom. The Labute approximate surface area is 132 Å². The van der Waals surface area contributed by atoms with Gasteiger partial charge in [-0.25, -0.2) is 0 Å². The van der Waals surface area contributed by atoms with Gasteiger partial charge in [-0.1, -0.05) is 12.1 Å². The van der Waals surface area contributed by atoms with Crippen LogP contribution in [-0.4, -0.2) is 50.0 Å². The van der Waals surface area contributed by atoms with Crippen molar-refractivity contribution in [3.05, 3.63) is 29.3 Å². The molecular weight excluding hydrogens is 278 g/mol. The first-order chi connectivity index (χ1) is 10.8. The lowest BCUT2D eigenvalue weighted by molar-refractivity contribution is -0.116. The van der Waals surface area contributed by atoms with E-state index in [-0.39, 0.29) is 0 Å². The van der Waals surface area contributed by atoms with E-state index >= 15 is 0 Å². The molecule has 0 unspecified atom stereocenters. The van der Waals surface area contributed by atoms with E-state index in [1.54, 1.807) is 0 Å². The van der Waals surface area contributed by atoms with Crippen molar-refractivity contribution in [1.82, 2.24) is 4.90 Å². The number of ether oxygens (including phenoxy) is 3. The summed E-state index contributed by atoms with van der Waals surface area (Å²) in [5.74, 6) is 1.07. The van der Waals surface area contributed by atoms with E-state index in [0.29, 0.717) is 18.2 Å². The van der Waals surface area contributed by atoms with Gasteiger partial charge in [0.1, 0.15) is 5.75 Å². The van der Waals surface area contributed by atoms with Gasteiger partial charge in [-0.2, -0.15) is 0 Å². The maximum atomic E-state index is 6.00. The molecule has 0 spiro atoms. The molecule has 0 amide bonds. The zero-order chi connectivity index (χ0) is 14.9. The smallest absolute Gasteiger partial charge is 0.122 e. The van der Waals surface area contributed by atoms with E-state index in [1.165, 1.54) is 11.1 Å². The molecule has 22 heavy (non-hydrogen) atoms. The molecule has 1 saturated heterocycles. The van der Waals surface area contributed by atoms with Crippen LogP contribution in [0.4, 0.5) is 0 Å². The highest BCUT2D eigenvalue weighted by Crippen LogP contribution is 2.32. The Morgan fingerprint density at radius 2 is 2.23 bits per heavy atom. The molecule has 4 heteroatoms. The van der Waals surface area contributed by atoms with Gasteiger partial charge in [-0.3, -0.25) is 4.90 Å². The van der Waals surface area contributed by atoms with Gasteiger partial charge in [0.25, 0.3) is 0 Å². The predicted octanol–water partition coefficient (Wildman–Crippen LogP) is 2.39. The van der Waals surface area contributed by atoms with E-state index in [4.69, 9.17) is 14.2 Å². The highest BCUT2D eigenvalue weighted by atomic mass is 16.5. The molecule has 1 saturated carbocycles. The van der Waals surface area contributed by atoms with E-state index in [9.17, 15) is 0 Å². The van der Waals surface area contributed by atoms with Gasteiger partial charge in [0.15, 0.2) is 0 Å². The first-order valence-corrected chi connectivity index (χ1v) is 8.46. The summed E-state index contributed by atoms with van der Waals surface area (Å²) in [7, 11) is 1.83. The maximum Gasteiger partial charge on any atom is 0.122 e. The number of fused-ring (bicyclic) bond motifs is 2. The second-order valence-corrected chi connectivity index (χ2v) is 6.66. The molecule has 4 rings (SSSR count). The third kappa shape index (κ3) is 2.75. The summed E-state index contributed by atoms with van der Waals surface area (Å²) in [5, 5.41) is 0. The average molecular weight is 303 g/mol. The van der Waals surface area contributed by atoms with Crippen molar-refractivity contribution in [3.8, 4) is 5.75 Å². The van der Waals surface area contributed by atoms with Crippen LogP contribution in [0.5, 0.6) is 5.75 Å². The van der Waals surface area contributed by atoms with Gasteiger partial charge in [0.05, 0.1) is 25.4 Å². The largest absolute Gasteiger partial charge is 0.493 e. The third-order valence-electron chi connectivity index (χ3n) is 5.36. The number of hydrogen-bond donors (Lipinski definition) is 0. The van der Waals surface area contributed by atoms with Crippen molar-refractivity contribution < 1.29 is 14.2 Å². The average Bonchev–Trinajstić information content (AvgIpc) is 3.02. The van der Waals surface area contributed by atoms with E-state index in [2.05, 4.69) is 23.1 Å². The summed E-state index contributed by atoms with van der Waals surface area (Å²) in [6.07, 6.45) is 5.16. The van der Waals surface area contributed by atoms with E-state index in [0.717, 1.165) is 57.7 Å². The summed E-state index contributed by atoms with van der Waals surface area (Å²) in [6.45, 7) is 3.71. The zero-order valence-electron chi connectivity index (χ0n) is 13.3. The van der Waals surface area contributed by atoms with Crippen molar-refractivity contribution in [2.45, 2.75) is 50.5 Å². The number of methoxy groups -OCH3 is 1. The number of hydrogen-bond acceptors (Lipinski definition) is 4. The Bertz CT molecular complexity index is 533. The van der Waals surface area contributed by atoms with Crippen LogP contribution in [-0.2, 0) is 22.4 Å². The molecule has 4 nitrogen and oxygen atoms in total. The van der Waals surface area contributed by atoms with Crippen LogP contribution in [0.1, 0.15) is 30.4 Å². The van der Waals surface area contributed by atoms with Crippen LogP contribution in [0, 0.1) is 0 Å². The molecule has 2 aliphatic heterocycles. The van der Waals surface area contributed by atoms with Gasteiger partial charge in [-0.15, -0.1) is 0 Å². The Hall–Kier alpha value is -1.10. The fraction of sp³-hybridized carbons (Fsp3) is 0.667. The molecule has 1 aromatic rings. The lowest BCUT2D eigenvalue weighted by atomic mass is 9.87. The molecule has 1 aliphatic carbocycles. The van der Waals surface area contributed by atoms with Crippen LogP contribution in [0.15, 0.2) is 18.2 Å². The summed E-state index contributed by atoms with van der Waals surface area (Å²) < 4.78 is 17.2. The lowest BCUT2D eigenvalue weighted by Gasteiger charge is -2.45. The molecule has 0 aromatic heterocycles. The zero-order valence-corrected chi connectivity index (χ0v) is 13.3. The lowest BCUT2D eigenvalue weighted by Crippen LogP contribution is -2.54. The van der Waals surface area contributed by atoms with Crippen LogP contribution in [0.25, 0.3) is 0 Å². The molecule has 1 aromatic carbocycles. The first-order valence-electron chi connectivity index (χ1n) is 8.46. The molecule has 3 aliphatic rings. The van der Waals surface area contributed by atoms with Crippen molar-refractivity contribution in [1.29, 1.82) is 0 Å². The maximum absolute atomic E-state index is 6.00. The molecule has 0 radical (unpaired) electrons. The fourth-order valence-electron chi connectivity index (χ4n) is 4.13. The minimum Gasteiger partial charge on any atom is -0.493 e. The van der Waals surface area contributed by atoms with Crippen LogP contribution >= 0.6 is 0 Å². The molecule has 0 N–H and O–H groups in total. The summed E-state index contributed by atoms with van der Waals surface area (Å²) in [5.41, 5.74) is 2.75. The van der Waals surface area contributed by atoms with Crippen molar-refractivity contribution in [3.63, 3.8) is 0 Å². The predicted molar refractivity (Wildman–Crippen MR) is 84.2 cm³/mol. The summed E-state index contributed by atoms with van der Waals surface area (Å²) in [4.78, 5) is 2.59. The molecule has 2 heterocycles. The van der Waals surface area contributed by atoms with Crippen LogP contribution < -0.4 is 4.74 Å². The Morgan fingerprint density at radius 3 is 3.14 bits per heavy atom. The van der Waals surface area contributed by atoms with Gasteiger partial charge in [0, 0.05) is 32.7 Å². The summed E-state index contributed by atoms with van der Waals surface area (Å²) >= 11 is 0. The SMILES string of the molecule is CO[C@@H]1CC[C@H]2OCCN(Cc3ccc4c(c3)CCO4)[C@@H]2C1. The quantitative estimate of drug-likeness (QED) is 0.858. The Balaban J connectivity index is 1.48. The van der Waals surface area contributed by atoms with Crippen LogP contribution in [0.2, 0.25) is 0 Å². The normalized spacial score (nSPS) is 31.4. The monoisotopic (exact) mass is 303 g/mol. The van der Waals surface area contributed by atoms with Gasteiger partial charge < -0.3 is 14.2 Å². The number of morpholine rings is 1. The standard InChI is InChI=1S/C18H25NO3/c1-20-15-3-5-18-16(11-15)19(7-9-22-18)12-13-2-4-17-14(10-13)6-8-21-17/h2,4,10,15-16,18H,3,5-9,11-12H2,1H3/t15-,16-,18-/m1/s1.